The number of fused-ring (bicyclic) bond motifs is 1. The van der Waals surface area contributed by atoms with E-state index in [1.54, 1.807) is 4.57 Å². The summed E-state index contributed by atoms with van der Waals surface area (Å²) in [5.41, 5.74) is 0. The highest BCUT2D eigenvalue weighted by Crippen LogP contribution is 2.29. The Bertz CT molecular complexity index is 410. The maximum absolute atomic E-state index is 10.8. The summed E-state index contributed by atoms with van der Waals surface area (Å²) in [5, 5.41) is 16.5. The van der Waals surface area contributed by atoms with E-state index in [1.165, 1.54) is 12.8 Å². The number of hydrogen-bond donors (Lipinski definition) is 1. The fourth-order valence-electron chi connectivity index (χ4n) is 2.09. The van der Waals surface area contributed by atoms with Crippen molar-refractivity contribution < 1.29 is 9.90 Å². The van der Waals surface area contributed by atoms with E-state index in [-0.39, 0.29) is 5.82 Å². The monoisotopic (exact) mass is 208 g/mol. The number of carboxylic acids is 1. The summed E-state index contributed by atoms with van der Waals surface area (Å²) in [6, 6.07) is 0.698. The molecule has 1 saturated carbocycles. The molecule has 0 spiro atoms. The summed E-state index contributed by atoms with van der Waals surface area (Å²) >= 11 is 0. The van der Waals surface area contributed by atoms with Crippen LogP contribution in [0.1, 0.15) is 29.3 Å². The first-order valence-corrected chi connectivity index (χ1v) is 5.15. The van der Waals surface area contributed by atoms with E-state index in [9.17, 15) is 4.79 Å². The molecule has 0 atom stereocenters. The molecule has 1 aromatic heterocycles. The maximum atomic E-state index is 10.8. The summed E-state index contributed by atoms with van der Waals surface area (Å²) in [6.07, 6.45) is 2.53. The van der Waals surface area contributed by atoms with Crippen LogP contribution < -0.4 is 0 Å². The third-order valence-electron chi connectivity index (χ3n) is 3.04. The van der Waals surface area contributed by atoms with Gasteiger partial charge in [-0.15, -0.1) is 10.2 Å². The van der Waals surface area contributed by atoms with Crippen LogP contribution in [0.5, 0.6) is 0 Å². The number of aromatic nitrogens is 3. The van der Waals surface area contributed by atoms with Crippen molar-refractivity contribution in [3.05, 3.63) is 11.6 Å². The van der Waals surface area contributed by atoms with Crippen molar-refractivity contribution in [2.24, 2.45) is 0 Å². The lowest BCUT2D eigenvalue weighted by molar-refractivity contribution is 0.0673. The lowest BCUT2D eigenvalue weighted by Gasteiger charge is -2.26. The van der Waals surface area contributed by atoms with Gasteiger partial charge >= 0.3 is 5.97 Å². The first-order chi connectivity index (χ1) is 7.25. The van der Waals surface area contributed by atoms with Crippen LogP contribution in [0.2, 0.25) is 0 Å². The van der Waals surface area contributed by atoms with Gasteiger partial charge in [0.2, 0.25) is 5.82 Å². The Morgan fingerprint density at radius 2 is 2.13 bits per heavy atom. The van der Waals surface area contributed by atoms with Gasteiger partial charge in [0, 0.05) is 19.1 Å². The van der Waals surface area contributed by atoms with E-state index >= 15 is 0 Å². The van der Waals surface area contributed by atoms with Crippen LogP contribution in [-0.2, 0) is 13.1 Å². The lowest BCUT2D eigenvalue weighted by Crippen LogP contribution is -2.36. The van der Waals surface area contributed by atoms with Gasteiger partial charge in [-0.05, 0) is 12.8 Å². The summed E-state index contributed by atoms with van der Waals surface area (Å²) in [4.78, 5) is 13.2. The molecule has 0 aromatic carbocycles. The molecule has 1 aromatic rings. The minimum Gasteiger partial charge on any atom is -0.475 e. The highest BCUT2D eigenvalue weighted by molar-refractivity contribution is 5.83. The molecule has 0 unspecified atom stereocenters. The van der Waals surface area contributed by atoms with Gasteiger partial charge < -0.3 is 9.67 Å². The molecular weight excluding hydrogens is 196 g/mol. The minimum absolute atomic E-state index is 0.0699. The highest BCUT2D eigenvalue weighted by atomic mass is 16.4. The van der Waals surface area contributed by atoms with Crippen LogP contribution >= 0.6 is 0 Å². The molecule has 6 heteroatoms. The number of nitrogens with zero attached hydrogens (tertiary/aromatic N) is 4. The van der Waals surface area contributed by atoms with Crippen LogP contribution in [0.4, 0.5) is 0 Å². The summed E-state index contributed by atoms with van der Waals surface area (Å²) in [5.74, 6) is -0.139. The molecule has 1 fully saturated rings. The Morgan fingerprint density at radius 3 is 2.80 bits per heavy atom. The molecule has 0 saturated heterocycles. The molecule has 1 N–H and O–H groups in total. The van der Waals surface area contributed by atoms with Crippen molar-refractivity contribution in [2.75, 3.05) is 6.54 Å². The first-order valence-electron chi connectivity index (χ1n) is 5.15. The van der Waals surface area contributed by atoms with Crippen molar-refractivity contribution in [3.63, 3.8) is 0 Å². The molecule has 6 nitrogen and oxygen atoms in total. The van der Waals surface area contributed by atoms with E-state index in [1.807, 2.05) is 0 Å². The molecule has 2 aliphatic rings. The molecule has 3 rings (SSSR count). The summed E-state index contributed by atoms with van der Waals surface area (Å²) in [6.45, 7) is 2.35. The topological polar surface area (TPSA) is 71.2 Å². The summed E-state index contributed by atoms with van der Waals surface area (Å²) < 4.78 is 1.71. The fraction of sp³-hybridized carbons (Fsp3) is 0.667. The van der Waals surface area contributed by atoms with Crippen molar-refractivity contribution in [1.29, 1.82) is 0 Å². The molecular formula is C9H12N4O2. The van der Waals surface area contributed by atoms with Gasteiger partial charge in [-0.3, -0.25) is 4.90 Å². The summed E-state index contributed by atoms with van der Waals surface area (Å²) in [7, 11) is 0. The number of rotatable bonds is 2. The Hall–Kier alpha value is -1.43. The highest BCUT2D eigenvalue weighted by Gasteiger charge is 2.33. The number of carbonyl (C=O) groups is 1. The Balaban J connectivity index is 1.87. The molecule has 0 amide bonds. The van der Waals surface area contributed by atoms with Gasteiger partial charge in [-0.1, -0.05) is 0 Å². The van der Waals surface area contributed by atoms with Gasteiger partial charge in [-0.25, -0.2) is 4.79 Å². The third-order valence-corrected chi connectivity index (χ3v) is 3.04. The van der Waals surface area contributed by atoms with Crippen molar-refractivity contribution in [1.82, 2.24) is 19.7 Å². The molecule has 15 heavy (non-hydrogen) atoms. The van der Waals surface area contributed by atoms with Gasteiger partial charge in [0.15, 0.2) is 0 Å². The quantitative estimate of drug-likeness (QED) is 0.738. The van der Waals surface area contributed by atoms with Gasteiger partial charge in [0.05, 0.1) is 6.54 Å². The van der Waals surface area contributed by atoms with E-state index in [4.69, 9.17) is 5.11 Å². The first kappa shape index (κ1) is 8.84. The molecule has 0 bridgehead atoms. The second-order valence-corrected chi connectivity index (χ2v) is 4.10. The van der Waals surface area contributed by atoms with Crippen molar-refractivity contribution in [2.45, 2.75) is 32.0 Å². The average molecular weight is 208 g/mol. The van der Waals surface area contributed by atoms with E-state index in [0.717, 1.165) is 18.9 Å². The lowest BCUT2D eigenvalue weighted by atomic mass is 10.3. The number of hydrogen-bond acceptors (Lipinski definition) is 4. The molecule has 80 valence electrons. The van der Waals surface area contributed by atoms with E-state index in [2.05, 4.69) is 15.1 Å². The molecule has 1 aliphatic carbocycles. The Kier molecular flexibility index (Phi) is 1.79. The van der Waals surface area contributed by atoms with Crippen molar-refractivity contribution >= 4 is 5.97 Å². The minimum atomic E-state index is -0.992. The maximum Gasteiger partial charge on any atom is 0.374 e. The van der Waals surface area contributed by atoms with Gasteiger partial charge in [0.1, 0.15) is 5.82 Å². The zero-order valence-electron chi connectivity index (χ0n) is 8.26. The molecule has 0 radical (unpaired) electrons. The van der Waals surface area contributed by atoms with E-state index in [0.29, 0.717) is 12.6 Å². The SMILES string of the molecule is O=C(O)c1nnc2n1CCN(C1CC1)C2. The zero-order valence-corrected chi connectivity index (χ0v) is 8.26. The van der Waals surface area contributed by atoms with Crippen LogP contribution in [0.15, 0.2) is 0 Å². The van der Waals surface area contributed by atoms with E-state index < -0.39 is 5.97 Å². The Labute approximate surface area is 86.5 Å². The fourth-order valence-corrected chi connectivity index (χ4v) is 2.09. The largest absolute Gasteiger partial charge is 0.475 e. The standard InChI is InChI=1S/C9H12N4O2/c14-9(15)8-11-10-7-5-12(6-1-2-6)3-4-13(7)8/h6H,1-5H2,(H,14,15). The number of carboxylic acid groups (broad SMARTS) is 1. The predicted molar refractivity (Wildman–Crippen MR) is 50.4 cm³/mol. The van der Waals surface area contributed by atoms with Crippen molar-refractivity contribution in [3.8, 4) is 0 Å². The smallest absolute Gasteiger partial charge is 0.374 e. The average Bonchev–Trinajstić information content (AvgIpc) is 2.97. The predicted octanol–water partition coefficient (Wildman–Crippen LogP) is -0.0457. The van der Waals surface area contributed by atoms with Gasteiger partial charge in [0.25, 0.3) is 0 Å². The second kappa shape index (κ2) is 3.03. The number of aromatic carboxylic acids is 1. The van der Waals surface area contributed by atoms with Gasteiger partial charge in [-0.2, -0.15) is 0 Å². The third kappa shape index (κ3) is 1.41. The Morgan fingerprint density at radius 1 is 1.33 bits per heavy atom. The van der Waals surface area contributed by atoms with Crippen LogP contribution in [0.25, 0.3) is 0 Å². The van der Waals surface area contributed by atoms with Crippen LogP contribution in [0, 0.1) is 0 Å². The normalized spacial score (nSPS) is 21.3. The molecule has 1 aliphatic heterocycles. The van der Waals surface area contributed by atoms with Crippen LogP contribution in [0.3, 0.4) is 0 Å². The van der Waals surface area contributed by atoms with Crippen LogP contribution in [-0.4, -0.2) is 43.3 Å². The zero-order chi connectivity index (χ0) is 10.4. The molecule has 2 heterocycles. The second-order valence-electron chi connectivity index (χ2n) is 4.10.